The van der Waals surface area contributed by atoms with Gasteiger partial charge in [-0.05, 0) is 48.4 Å². The molecule has 0 bridgehead atoms. The second-order valence-corrected chi connectivity index (χ2v) is 7.79. The van der Waals surface area contributed by atoms with Crippen LogP contribution in [0, 0.1) is 22.9 Å². The first-order chi connectivity index (χ1) is 15.8. The molecule has 1 aliphatic heterocycles. The molecule has 0 saturated heterocycles. The van der Waals surface area contributed by atoms with Crippen LogP contribution < -0.4 is 5.32 Å². The van der Waals surface area contributed by atoms with E-state index in [1.165, 1.54) is 42.5 Å². The summed E-state index contributed by atoms with van der Waals surface area (Å²) < 4.78 is 14.2. The van der Waals surface area contributed by atoms with Crippen molar-refractivity contribution in [1.29, 1.82) is 0 Å². The van der Waals surface area contributed by atoms with Gasteiger partial charge in [0.2, 0.25) is 0 Å². The Morgan fingerprint density at radius 1 is 1.00 bits per heavy atom. The summed E-state index contributed by atoms with van der Waals surface area (Å²) >= 11 is 6.19. The van der Waals surface area contributed by atoms with E-state index in [0.717, 1.165) is 4.90 Å². The van der Waals surface area contributed by atoms with Crippen LogP contribution in [0.4, 0.5) is 15.8 Å². The number of hydrogen-bond acceptors (Lipinski definition) is 5. The standard InChI is InChI=1S/C24H17ClFN3O4/c1-14-18(25)6-4-8-20(14)27-22-21(15-9-11-17(12-10-15)29(32)33)23(30)28(24(22)31)13-16-5-2-3-7-19(16)26/h2-12,27H,13H2,1H3. The molecule has 1 heterocycles. The second-order valence-electron chi connectivity index (χ2n) is 7.38. The SMILES string of the molecule is Cc1c(Cl)cccc1NC1=C(c2ccc([N+](=O)[O-])cc2)C(=O)N(Cc2ccccc2F)C1=O. The number of hydrogen-bond donors (Lipinski definition) is 1. The van der Waals surface area contributed by atoms with Gasteiger partial charge < -0.3 is 5.32 Å². The lowest BCUT2D eigenvalue weighted by atomic mass is 10.0. The predicted octanol–water partition coefficient (Wildman–Crippen LogP) is 5.09. The van der Waals surface area contributed by atoms with Gasteiger partial charge in [-0.15, -0.1) is 0 Å². The maximum Gasteiger partial charge on any atom is 0.278 e. The highest BCUT2D eigenvalue weighted by Crippen LogP contribution is 2.34. The van der Waals surface area contributed by atoms with Gasteiger partial charge in [-0.2, -0.15) is 0 Å². The number of nitro benzene ring substituents is 1. The molecule has 0 unspecified atom stereocenters. The van der Waals surface area contributed by atoms with Gasteiger partial charge >= 0.3 is 0 Å². The number of carbonyl (C=O) groups excluding carboxylic acids is 2. The normalized spacial score (nSPS) is 13.6. The number of halogens is 2. The molecule has 0 fully saturated rings. The lowest BCUT2D eigenvalue weighted by Crippen LogP contribution is -2.32. The number of imide groups is 1. The average molecular weight is 466 g/mol. The third-order valence-electron chi connectivity index (χ3n) is 5.35. The van der Waals surface area contributed by atoms with Crippen molar-refractivity contribution < 1.29 is 18.9 Å². The predicted molar refractivity (Wildman–Crippen MR) is 122 cm³/mol. The number of nitrogens with zero attached hydrogens (tertiary/aromatic N) is 2. The Labute approximate surface area is 193 Å². The van der Waals surface area contributed by atoms with Crippen molar-refractivity contribution in [3.8, 4) is 0 Å². The van der Waals surface area contributed by atoms with E-state index in [1.54, 1.807) is 31.2 Å². The average Bonchev–Trinajstić information content (AvgIpc) is 3.02. The number of carbonyl (C=O) groups is 2. The van der Waals surface area contributed by atoms with Crippen molar-refractivity contribution in [2.45, 2.75) is 13.5 Å². The van der Waals surface area contributed by atoms with Gasteiger partial charge in [-0.25, -0.2) is 4.39 Å². The first-order valence-electron chi connectivity index (χ1n) is 9.88. The number of benzene rings is 3. The molecule has 9 heteroatoms. The molecule has 7 nitrogen and oxygen atoms in total. The van der Waals surface area contributed by atoms with E-state index >= 15 is 0 Å². The molecule has 0 spiro atoms. The molecule has 0 atom stereocenters. The van der Waals surface area contributed by atoms with Crippen molar-refractivity contribution in [1.82, 2.24) is 4.90 Å². The van der Waals surface area contributed by atoms with Gasteiger partial charge in [-0.1, -0.05) is 35.9 Å². The first kappa shape index (κ1) is 22.2. The van der Waals surface area contributed by atoms with Crippen LogP contribution in [0.1, 0.15) is 16.7 Å². The number of rotatable bonds is 6. The van der Waals surface area contributed by atoms with Gasteiger partial charge in [0.1, 0.15) is 11.5 Å². The zero-order valence-electron chi connectivity index (χ0n) is 17.3. The Morgan fingerprint density at radius 3 is 2.36 bits per heavy atom. The Balaban J connectivity index is 1.79. The molecule has 166 valence electrons. The summed E-state index contributed by atoms with van der Waals surface area (Å²) in [7, 11) is 0. The molecule has 1 aliphatic rings. The molecule has 2 amide bonds. The Bertz CT molecular complexity index is 1320. The monoisotopic (exact) mass is 465 g/mol. The van der Waals surface area contributed by atoms with Gasteiger partial charge in [-0.3, -0.25) is 24.6 Å². The highest BCUT2D eigenvalue weighted by molar-refractivity contribution is 6.36. The van der Waals surface area contributed by atoms with Crippen LogP contribution in [-0.4, -0.2) is 21.6 Å². The fraction of sp³-hybridized carbons (Fsp3) is 0.0833. The van der Waals surface area contributed by atoms with Crippen molar-refractivity contribution in [3.05, 3.63) is 110 Å². The smallest absolute Gasteiger partial charge is 0.278 e. The molecule has 3 aromatic carbocycles. The Morgan fingerprint density at radius 2 is 1.70 bits per heavy atom. The van der Waals surface area contributed by atoms with Crippen molar-refractivity contribution in [3.63, 3.8) is 0 Å². The van der Waals surface area contributed by atoms with Gasteiger partial charge in [0, 0.05) is 28.4 Å². The summed E-state index contributed by atoms with van der Waals surface area (Å²) in [5.41, 5.74) is 1.55. The number of nitro groups is 1. The van der Waals surface area contributed by atoms with Crippen molar-refractivity contribution in [2.75, 3.05) is 5.32 Å². The van der Waals surface area contributed by atoms with Crippen LogP contribution in [0.5, 0.6) is 0 Å². The van der Waals surface area contributed by atoms with E-state index in [2.05, 4.69) is 5.32 Å². The topological polar surface area (TPSA) is 92.6 Å². The summed E-state index contributed by atoms with van der Waals surface area (Å²) in [4.78, 5) is 38.0. The van der Waals surface area contributed by atoms with E-state index < -0.39 is 22.6 Å². The first-order valence-corrected chi connectivity index (χ1v) is 10.3. The third-order valence-corrected chi connectivity index (χ3v) is 5.76. The summed E-state index contributed by atoms with van der Waals surface area (Å²) in [6, 6.07) is 16.3. The minimum absolute atomic E-state index is 0.0180. The maximum atomic E-state index is 14.2. The van der Waals surface area contributed by atoms with E-state index in [4.69, 9.17) is 11.6 Å². The van der Waals surface area contributed by atoms with E-state index in [0.29, 0.717) is 21.8 Å². The zero-order chi connectivity index (χ0) is 23.7. The highest BCUT2D eigenvalue weighted by atomic mass is 35.5. The molecule has 0 aromatic heterocycles. The summed E-state index contributed by atoms with van der Waals surface area (Å²) in [6.45, 7) is 1.50. The van der Waals surface area contributed by atoms with Crippen LogP contribution in [-0.2, 0) is 16.1 Å². The fourth-order valence-corrected chi connectivity index (χ4v) is 3.70. The molecular weight excluding hydrogens is 449 g/mol. The molecule has 0 saturated carbocycles. The van der Waals surface area contributed by atoms with Crippen LogP contribution in [0.25, 0.3) is 5.57 Å². The van der Waals surface area contributed by atoms with E-state index in [9.17, 15) is 24.1 Å². The van der Waals surface area contributed by atoms with Crippen molar-refractivity contribution >= 4 is 40.4 Å². The summed E-state index contributed by atoms with van der Waals surface area (Å²) in [5, 5.41) is 14.5. The summed E-state index contributed by atoms with van der Waals surface area (Å²) in [6.07, 6.45) is 0. The third kappa shape index (κ3) is 4.20. The van der Waals surface area contributed by atoms with Crippen LogP contribution >= 0.6 is 11.6 Å². The molecule has 33 heavy (non-hydrogen) atoms. The number of nitrogens with one attached hydrogen (secondary N) is 1. The number of non-ortho nitro benzene ring substituents is 1. The van der Waals surface area contributed by atoms with Gasteiger partial charge in [0.15, 0.2) is 0 Å². The van der Waals surface area contributed by atoms with Gasteiger partial charge in [0.25, 0.3) is 17.5 Å². The fourth-order valence-electron chi connectivity index (χ4n) is 3.53. The largest absolute Gasteiger partial charge is 0.350 e. The minimum atomic E-state index is -0.643. The molecular formula is C24H17ClFN3O4. The lowest BCUT2D eigenvalue weighted by Gasteiger charge is -2.16. The van der Waals surface area contributed by atoms with Crippen LogP contribution in [0.15, 0.2) is 72.4 Å². The zero-order valence-corrected chi connectivity index (χ0v) is 18.1. The Hall–Kier alpha value is -4.04. The van der Waals surface area contributed by atoms with Gasteiger partial charge in [0.05, 0.1) is 17.0 Å². The van der Waals surface area contributed by atoms with Crippen LogP contribution in [0.3, 0.4) is 0 Å². The molecule has 0 radical (unpaired) electrons. The minimum Gasteiger partial charge on any atom is -0.350 e. The molecule has 3 aromatic rings. The summed E-state index contributed by atoms with van der Waals surface area (Å²) in [5.74, 6) is -1.82. The maximum absolute atomic E-state index is 14.2. The Kier molecular flexibility index (Phi) is 5.93. The second kappa shape index (κ2) is 8.84. The molecule has 1 N–H and O–H groups in total. The van der Waals surface area contributed by atoms with Crippen LogP contribution in [0.2, 0.25) is 5.02 Å². The van der Waals surface area contributed by atoms with E-state index in [-0.39, 0.29) is 29.1 Å². The quantitative estimate of drug-likeness (QED) is 0.311. The number of anilines is 1. The van der Waals surface area contributed by atoms with E-state index in [1.807, 2.05) is 0 Å². The lowest BCUT2D eigenvalue weighted by molar-refractivity contribution is -0.384. The molecule has 0 aliphatic carbocycles. The molecule has 4 rings (SSSR count). The highest BCUT2D eigenvalue weighted by Gasteiger charge is 2.39. The number of amides is 2. The van der Waals surface area contributed by atoms with Crippen molar-refractivity contribution in [2.24, 2.45) is 0 Å².